The molecule has 3 aliphatic rings. The maximum Gasteiger partial charge on any atom is 0.312 e. The number of nitrogens with one attached hydrogen (secondary N) is 1. The van der Waals surface area contributed by atoms with Gasteiger partial charge >= 0.3 is 6.03 Å². The number of methoxy groups -OCH3 is 1. The van der Waals surface area contributed by atoms with Crippen molar-refractivity contribution in [1.82, 2.24) is 15.1 Å². The molecule has 2 bridgehead atoms. The van der Waals surface area contributed by atoms with Crippen molar-refractivity contribution in [3.05, 3.63) is 29.8 Å². The lowest BCUT2D eigenvalue weighted by Crippen LogP contribution is -2.51. The van der Waals surface area contributed by atoms with Gasteiger partial charge in [-0.25, -0.2) is 4.79 Å². The number of carbonyl (C=O) groups excluding carboxylic acids is 2. The highest BCUT2D eigenvalue weighted by atomic mass is 16.5. The molecule has 136 valence electrons. The van der Waals surface area contributed by atoms with E-state index in [0.29, 0.717) is 5.92 Å². The summed E-state index contributed by atoms with van der Waals surface area (Å²) >= 11 is 0. The number of nitrogens with zero attached hydrogens (tertiary/aromatic N) is 2. The minimum atomic E-state index is -0.658. The molecule has 3 saturated heterocycles. The Morgan fingerprint density at radius 3 is 2.64 bits per heavy atom. The van der Waals surface area contributed by atoms with Crippen LogP contribution >= 0.6 is 0 Å². The molecule has 3 N–H and O–H groups in total. The zero-order chi connectivity index (χ0) is 17.8. The summed E-state index contributed by atoms with van der Waals surface area (Å²) in [6.07, 6.45) is 2.17. The van der Waals surface area contributed by atoms with E-state index in [1.807, 2.05) is 17.0 Å². The summed E-state index contributed by atoms with van der Waals surface area (Å²) in [7, 11) is 1.67. The van der Waals surface area contributed by atoms with Gasteiger partial charge in [0.1, 0.15) is 5.75 Å². The molecule has 25 heavy (non-hydrogen) atoms. The number of hydrogen-bond acceptors (Lipinski definition) is 4. The molecule has 7 nitrogen and oxygen atoms in total. The van der Waals surface area contributed by atoms with Crippen molar-refractivity contribution in [2.45, 2.75) is 25.4 Å². The number of primary amides is 1. The van der Waals surface area contributed by atoms with E-state index in [9.17, 15) is 9.59 Å². The van der Waals surface area contributed by atoms with Crippen molar-refractivity contribution in [2.75, 3.05) is 33.3 Å². The Balaban J connectivity index is 1.62. The fourth-order valence-electron chi connectivity index (χ4n) is 3.87. The van der Waals surface area contributed by atoms with Crippen LogP contribution < -0.4 is 15.8 Å². The van der Waals surface area contributed by atoms with Gasteiger partial charge in [0.05, 0.1) is 13.7 Å². The number of ether oxygens (including phenoxy) is 1. The molecule has 1 aromatic carbocycles. The van der Waals surface area contributed by atoms with E-state index in [1.54, 1.807) is 7.11 Å². The summed E-state index contributed by atoms with van der Waals surface area (Å²) in [5.41, 5.74) is 6.31. The SMILES string of the molecule is COc1ccc(CN2C[C@@H]3CC[C@H](C2)N(C(=O)CNC(N)=O)C3)cc1. The van der Waals surface area contributed by atoms with Gasteiger partial charge in [0.25, 0.3) is 0 Å². The van der Waals surface area contributed by atoms with Gasteiger partial charge in [-0.1, -0.05) is 12.1 Å². The first-order valence-electron chi connectivity index (χ1n) is 8.73. The van der Waals surface area contributed by atoms with Crippen molar-refractivity contribution in [2.24, 2.45) is 11.7 Å². The summed E-state index contributed by atoms with van der Waals surface area (Å²) in [5, 5.41) is 2.41. The second kappa shape index (κ2) is 7.74. The third kappa shape index (κ3) is 4.42. The van der Waals surface area contributed by atoms with Crippen molar-refractivity contribution in [3.8, 4) is 5.75 Å². The predicted octanol–water partition coefficient (Wildman–Crippen LogP) is 0.786. The molecule has 0 aliphatic carbocycles. The van der Waals surface area contributed by atoms with E-state index in [2.05, 4.69) is 22.3 Å². The first-order valence-corrected chi connectivity index (χ1v) is 8.73. The van der Waals surface area contributed by atoms with Crippen LogP contribution in [-0.4, -0.2) is 61.1 Å². The van der Waals surface area contributed by atoms with Gasteiger partial charge in [-0.2, -0.15) is 0 Å². The van der Waals surface area contributed by atoms with E-state index < -0.39 is 6.03 Å². The number of nitrogens with two attached hydrogens (primary N) is 1. The van der Waals surface area contributed by atoms with Crippen LogP contribution in [0, 0.1) is 5.92 Å². The molecule has 0 aromatic heterocycles. The molecular formula is C18H26N4O3. The summed E-state index contributed by atoms with van der Waals surface area (Å²) in [4.78, 5) is 27.6. The van der Waals surface area contributed by atoms with Crippen LogP contribution in [0.5, 0.6) is 5.75 Å². The van der Waals surface area contributed by atoms with E-state index in [4.69, 9.17) is 10.5 Å². The molecule has 4 rings (SSSR count). The Labute approximate surface area is 148 Å². The number of carbonyl (C=O) groups is 2. The average Bonchev–Trinajstić information content (AvgIpc) is 2.91. The highest BCUT2D eigenvalue weighted by Gasteiger charge is 2.36. The minimum absolute atomic E-state index is 0.0168. The van der Waals surface area contributed by atoms with Crippen molar-refractivity contribution < 1.29 is 14.3 Å². The summed E-state index contributed by atoms with van der Waals surface area (Å²) < 4.78 is 5.21. The second-order valence-corrected chi connectivity index (χ2v) is 6.90. The van der Waals surface area contributed by atoms with Gasteiger partial charge in [-0.05, 0) is 36.5 Å². The smallest absolute Gasteiger partial charge is 0.312 e. The first-order chi connectivity index (χ1) is 12.0. The number of urea groups is 1. The highest BCUT2D eigenvalue weighted by Crippen LogP contribution is 2.29. The van der Waals surface area contributed by atoms with Gasteiger partial charge in [0, 0.05) is 32.2 Å². The Morgan fingerprint density at radius 1 is 1.20 bits per heavy atom. The van der Waals surface area contributed by atoms with E-state index in [1.165, 1.54) is 5.56 Å². The fourth-order valence-corrected chi connectivity index (χ4v) is 3.87. The molecule has 3 heterocycles. The Bertz CT molecular complexity index is 619. The molecule has 0 spiro atoms. The standard InChI is InChI=1S/C18H26N4O3/c1-25-16-6-3-13(4-7-16)9-21-10-14-2-5-15(12-21)22(11-14)17(23)8-20-18(19)24/h3-4,6-7,14-15H,2,5,8-12H2,1H3,(H3,19,20,24)/t14-,15+/m0/s1. The van der Waals surface area contributed by atoms with Crippen LogP contribution in [-0.2, 0) is 11.3 Å². The van der Waals surface area contributed by atoms with Gasteiger partial charge in [-0.15, -0.1) is 0 Å². The van der Waals surface area contributed by atoms with Crippen LogP contribution in [0.4, 0.5) is 4.79 Å². The molecule has 0 unspecified atom stereocenters. The minimum Gasteiger partial charge on any atom is -0.497 e. The Hall–Kier alpha value is -2.28. The Kier molecular flexibility index (Phi) is 5.43. The first kappa shape index (κ1) is 17.5. The maximum atomic E-state index is 12.4. The number of rotatable bonds is 5. The topological polar surface area (TPSA) is 87.9 Å². The van der Waals surface area contributed by atoms with Crippen LogP contribution in [0.15, 0.2) is 24.3 Å². The number of piperidine rings is 1. The van der Waals surface area contributed by atoms with Crippen LogP contribution in [0.25, 0.3) is 0 Å². The summed E-state index contributed by atoms with van der Waals surface area (Å²) in [5.74, 6) is 1.30. The van der Waals surface area contributed by atoms with Gasteiger partial charge in [0.2, 0.25) is 5.91 Å². The van der Waals surface area contributed by atoms with Crippen LogP contribution in [0.1, 0.15) is 18.4 Å². The number of amides is 3. The molecule has 0 radical (unpaired) electrons. The molecule has 0 saturated carbocycles. The summed E-state index contributed by atoms with van der Waals surface area (Å²) in [6.45, 7) is 3.49. The zero-order valence-electron chi connectivity index (χ0n) is 14.6. The molecule has 7 heteroatoms. The lowest BCUT2D eigenvalue weighted by Gasteiger charge is -2.36. The van der Waals surface area contributed by atoms with Gasteiger partial charge < -0.3 is 20.7 Å². The third-order valence-corrected chi connectivity index (χ3v) is 5.09. The second-order valence-electron chi connectivity index (χ2n) is 6.90. The number of fused-ring (bicyclic) bond motifs is 4. The van der Waals surface area contributed by atoms with Crippen molar-refractivity contribution in [1.29, 1.82) is 0 Å². The zero-order valence-corrected chi connectivity index (χ0v) is 14.6. The van der Waals surface area contributed by atoms with Gasteiger partial charge in [-0.3, -0.25) is 9.69 Å². The fraction of sp³-hybridized carbons (Fsp3) is 0.556. The van der Waals surface area contributed by atoms with Gasteiger partial charge in [0.15, 0.2) is 0 Å². The molecule has 1 aromatic rings. The van der Waals surface area contributed by atoms with E-state index in [0.717, 1.165) is 44.8 Å². The van der Waals surface area contributed by atoms with E-state index in [-0.39, 0.29) is 18.5 Å². The maximum absolute atomic E-state index is 12.4. The monoisotopic (exact) mass is 346 g/mol. The molecular weight excluding hydrogens is 320 g/mol. The highest BCUT2D eigenvalue weighted by molar-refractivity contribution is 5.83. The number of benzene rings is 1. The number of hydrogen-bond donors (Lipinski definition) is 2. The molecule has 3 amide bonds. The molecule has 2 atom stereocenters. The largest absolute Gasteiger partial charge is 0.497 e. The van der Waals surface area contributed by atoms with Crippen LogP contribution in [0.3, 0.4) is 0 Å². The lowest BCUT2D eigenvalue weighted by atomic mass is 9.95. The quantitative estimate of drug-likeness (QED) is 0.825. The predicted molar refractivity (Wildman–Crippen MR) is 94.1 cm³/mol. The van der Waals surface area contributed by atoms with Crippen LogP contribution in [0.2, 0.25) is 0 Å². The normalized spacial score (nSPS) is 23.2. The van der Waals surface area contributed by atoms with Crippen molar-refractivity contribution in [3.63, 3.8) is 0 Å². The summed E-state index contributed by atoms with van der Waals surface area (Å²) in [6, 6.07) is 7.69. The van der Waals surface area contributed by atoms with E-state index >= 15 is 0 Å². The third-order valence-electron chi connectivity index (χ3n) is 5.09. The average molecular weight is 346 g/mol. The molecule has 3 aliphatic heterocycles. The molecule has 3 fully saturated rings. The Morgan fingerprint density at radius 2 is 1.96 bits per heavy atom. The lowest BCUT2D eigenvalue weighted by molar-refractivity contribution is -0.134. The van der Waals surface area contributed by atoms with Crippen molar-refractivity contribution >= 4 is 11.9 Å².